The van der Waals surface area contributed by atoms with Gasteiger partial charge in [-0.3, -0.25) is 0 Å². The van der Waals surface area contributed by atoms with Gasteiger partial charge in [-0.2, -0.15) is 11.8 Å². The Morgan fingerprint density at radius 3 is 2.00 bits per heavy atom. The summed E-state index contributed by atoms with van der Waals surface area (Å²) in [6.07, 6.45) is 10.6. The molecular weight excluding hydrogens is 274 g/mol. The SMILES string of the molecule is CCCNC(CSC(C)(C)C)C12CC3CC(CC(C3)C1)C2. The average Bonchev–Trinajstić information content (AvgIpc) is 2.35. The summed E-state index contributed by atoms with van der Waals surface area (Å²) in [4.78, 5) is 0. The number of nitrogens with one attached hydrogen (secondary N) is 1. The quantitative estimate of drug-likeness (QED) is 0.732. The fourth-order valence-corrected chi connectivity index (χ4v) is 6.85. The van der Waals surface area contributed by atoms with Gasteiger partial charge in [-0.1, -0.05) is 27.7 Å². The Balaban J connectivity index is 1.72. The number of thioether (sulfide) groups is 1. The van der Waals surface area contributed by atoms with Gasteiger partial charge in [-0.05, 0) is 74.7 Å². The van der Waals surface area contributed by atoms with Gasteiger partial charge in [0.2, 0.25) is 0 Å². The molecule has 0 heterocycles. The monoisotopic (exact) mass is 309 g/mol. The molecule has 122 valence electrons. The highest BCUT2D eigenvalue weighted by Crippen LogP contribution is 2.61. The van der Waals surface area contributed by atoms with Crippen molar-refractivity contribution in [2.75, 3.05) is 12.3 Å². The van der Waals surface area contributed by atoms with Crippen molar-refractivity contribution < 1.29 is 0 Å². The lowest BCUT2D eigenvalue weighted by Gasteiger charge is -2.59. The Bertz CT molecular complexity index is 322. The van der Waals surface area contributed by atoms with E-state index in [1.165, 1.54) is 38.0 Å². The fraction of sp³-hybridized carbons (Fsp3) is 1.00. The normalized spacial score (nSPS) is 39.7. The molecular formula is C19H35NS. The van der Waals surface area contributed by atoms with Crippen LogP contribution in [0.15, 0.2) is 0 Å². The molecule has 1 atom stereocenters. The fourth-order valence-electron chi connectivity index (χ4n) is 5.71. The minimum Gasteiger partial charge on any atom is -0.313 e. The van der Waals surface area contributed by atoms with Crippen LogP contribution in [0, 0.1) is 23.2 Å². The summed E-state index contributed by atoms with van der Waals surface area (Å²) in [5.74, 6) is 4.53. The highest BCUT2D eigenvalue weighted by atomic mass is 32.2. The Morgan fingerprint density at radius 1 is 1.05 bits per heavy atom. The maximum atomic E-state index is 3.98. The number of rotatable bonds is 6. The second-order valence-corrected chi connectivity index (χ2v) is 11.1. The summed E-state index contributed by atoms with van der Waals surface area (Å²) in [7, 11) is 0. The zero-order valence-electron chi connectivity index (χ0n) is 14.6. The van der Waals surface area contributed by atoms with E-state index in [9.17, 15) is 0 Å². The lowest BCUT2D eigenvalue weighted by atomic mass is 9.48. The average molecular weight is 310 g/mol. The van der Waals surface area contributed by atoms with Crippen LogP contribution in [0.4, 0.5) is 0 Å². The first-order chi connectivity index (χ1) is 9.90. The Morgan fingerprint density at radius 2 is 1.57 bits per heavy atom. The minimum absolute atomic E-state index is 0.397. The molecule has 4 saturated carbocycles. The highest BCUT2D eigenvalue weighted by molar-refractivity contribution is 8.00. The van der Waals surface area contributed by atoms with Gasteiger partial charge < -0.3 is 5.32 Å². The van der Waals surface area contributed by atoms with Crippen molar-refractivity contribution in [1.29, 1.82) is 0 Å². The smallest absolute Gasteiger partial charge is 0.0215 e. The Hall–Kier alpha value is 0.310. The third-order valence-electron chi connectivity index (χ3n) is 6.15. The van der Waals surface area contributed by atoms with Crippen LogP contribution in [0.1, 0.15) is 72.6 Å². The van der Waals surface area contributed by atoms with Crippen LogP contribution in [0.3, 0.4) is 0 Å². The van der Waals surface area contributed by atoms with Crippen molar-refractivity contribution in [3.8, 4) is 0 Å². The summed E-state index contributed by atoms with van der Waals surface area (Å²) in [6.45, 7) is 10.6. The van der Waals surface area contributed by atoms with E-state index < -0.39 is 0 Å². The molecule has 0 spiro atoms. The number of hydrogen-bond donors (Lipinski definition) is 1. The summed E-state index contributed by atoms with van der Waals surface area (Å²) < 4.78 is 0.397. The lowest BCUT2D eigenvalue weighted by molar-refractivity contribution is -0.0693. The second-order valence-electron chi connectivity index (χ2n) is 9.21. The molecule has 4 aliphatic rings. The van der Waals surface area contributed by atoms with Crippen molar-refractivity contribution >= 4 is 11.8 Å². The molecule has 1 N–H and O–H groups in total. The van der Waals surface area contributed by atoms with Crippen LogP contribution in [0.2, 0.25) is 0 Å². The molecule has 0 aromatic carbocycles. The molecule has 0 radical (unpaired) electrons. The van der Waals surface area contributed by atoms with Crippen molar-refractivity contribution in [3.05, 3.63) is 0 Å². The van der Waals surface area contributed by atoms with Gasteiger partial charge in [0.25, 0.3) is 0 Å². The molecule has 4 rings (SSSR count). The Labute approximate surface area is 136 Å². The minimum atomic E-state index is 0.397. The van der Waals surface area contributed by atoms with Crippen LogP contribution in [0.25, 0.3) is 0 Å². The largest absolute Gasteiger partial charge is 0.313 e. The molecule has 0 saturated heterocycles. The van der Waals surface area contributed by atoms with Crippen molar-refractivity contribution in [2.45, 2.75) is 83.4 Å². The molecule has 4 bridgehead atoms. The zero-order valence-corrected chi connectivity index (χ0v) is 15.4. The first-order valence-corrected chi connectivity index (χ1v) is 10.3. The molecule has 21 heavy (non-hydrogen) atoms. The maximum Gasteiger partial charge on any atom is 0.0215 e. The van der Waals surface area contributed by atoms with Crippen molar-refractivity contribution in [1.82, 2.24) is 5.32 Å². The van der Waals surface area contributed by atoms with E-state index in [0.717, 1.165) is 23.8 Å². The standard InChI is InChI=1S/C19H35NS/c1-5-6-20-17(13-21-18(2,3)4)19-10-14-7-15(11-19)9-16(8-14)12-19/h14-17,20H,5-13H2,1-4H3. The van der Waals surface area contributed by atoms with Crippen molar-refractivity contribution in [2.24, 2.45) is 23.2 Å². The molecule has 0 amide bonds. The van der Waals surface area contributed by atoms with E-state index in [-0.39, 0.29) is 0 Å². The summed E-state index contributed by atoms with van der Waals surface area (Å²) >= 11 is 2.18. The molecule has 2 heteroatoms. The summed E-state index contributed by atoms with van der Waals surface area (Å²) in [5, 5.41) is 3.98. The van der Waals surface area contributed by atoms with Crippen LogP contribution >= 0.6 is 11.8 Å². The molecule has 1 nitrogen and oxygen atoms in total. The van der Waals surface area contributed by atoms with Gasteiger partial charge in [0.1, 0.15) is 0 Å². The zero-order chi connectivity index (χ0) is 15.1. The van der Waals surface area contributed by atoms with Gasteiger partial charge >= 0.3 is 0 Å². The predicted octanol–water partition coefficient (Wildman–Crippen LogP) is 5.10. The third kappa shape index (κ3) is 3.63. The van der Waals surface area contributed by atoms with Gasteiger partial charge in [-0.25, -0.2) is 0 Å². The molecule has 0 aromatic rings. The first-order valence-electron chi connectivity index (χ1n) is 9.27. The predicted molar refractivity (Wildman–Crippen MR) is 94.9 cm³/mol. The van der Waals surface area contributed by atoms with E-state index in [4.69, 9.17) is 0 Å². The topological polar surface area (TPSA) is 12.0 Å². The molecule has 4 aliphatic carbocycles. The summed E-state index contributed by atoms with van der Waals surface area (Å²) in [5.41, 5.74) is 0.655. The van der Waals surface area contributed by atoms with Crippen LogP contribution in [0.5, 0.6) is 0 Å². The number of hydrogen-bond acceptors (Lipinski definition) is 2. The van der Waals surface area contributed by atoms with E-state index in [0.29, 0.717) is 10.2 Å². The summed E-state index contributed by atoms with van der Waals surface area (Å²) in [6, 6.07) is 0.759. The first kappa shape index (κ1) is 16.2. The Kier molecular flexibility index (Phi) is 4.68. The van der Waals surface area contributed by atoms with E-state index >= 15 is 0 Å². The van der Waals surface area contributed by atoms with Gasteiger partial charge in [-0.15, -0.1) is 0 Å². The second kappa shape index (κ2) is 6.07. The van der Waals surface area contributed by atoms with Crippen molar-refractivity contribution in [3.63, 3.8) is 0 Å². The molecule has 1 unspecified atom stereocenters. The van der Waals surface area contributed by atoms with Gasteiger partial charge in [0.15, 0.2) is 0 Å². The van der Waals surface area contributed by atoms with E-state index in [1.54, 1.807) is 19.3 Å². The van der Waals surface area contributed by atoms with E-state index in [1.807, 2.05) is 0 Å². The third-order valence-corrected chi connectivity index (χ3v) is 7.51. The van der Waals surface area contributed by atoms with Crippen LogP contribution in [-0.2, 0) is 0 Å². The highest BCUT2D eigenvalue weighted by Gasteiger charge is 2.53. The lowest BCUT2D eigenvalue weighted by Crippen LogP contribution is -2.57. The van der Waals surface area contributed by atoms with Gasteiger partial charge in [0.05, 0.1) is 0 Å². The molecule has 0 aromatic heterocycles. The molecule has 4 fully saturated rings. The van der Waals surface area contributed by atoms with E-state index in [2.05, 4.69) is 44.8 Å². The van der Waals surface area contributed by atoms with Gasteiger partial charge in [0, 0.05) is 16.5 Å². The van der Waals surface area contributed by atoms with Crippen LogP contribution in [-0.4, -0.2) is 23.1 Å². The molecule has 0 aliphatic heterocycles. The van der Waals surface area contributed by atoms with Crippen LogP contribution < -0.4 is 5.32 Å². The maximum absolute atomic E-state index is 3.98.